The molecule has 1 unspecified atom stereocenters. The quantitative estimate of drug-likeness (QED) is 0.439. The summed E-state index contributed by atoms with van der Waals surface area (Å²) in [6.07, 6.45) is 6.58. The van der Waals surface area contributed by atoms with Gasteiger partial charge in [0.05, 0.1) is 6.04 Å². The van der Waals surface area contributed by atoms with E-state index in [-0.39, 0.29) is 0 Å². The molecule has 3 aliphatic rings. The second kappa shape index (κ2) is 1.86. The van der Waals surface area contributed by atoms with E-state index in [1.165, 1.54) is 25.7 Å². The summed E-state index contributed by atoms with van der Waals surface area (Å²) >= 11 is 0. The summed E-state index contributed by atoms with van der Waals surface area (Å²) in [5.74, 6) is 0.894. The van der Waals surface area contributed by atoms with Crippen LogP contribution in [-0.4, -0.2) is 29.3 Å². The molecule has 0 radical (unpaired) electrons. The van der Waals surface area contributed by atoms with E-state index in [9.17, 15) is 4.79 Å². The molecule has 0 amide bonds. The first-order chi connectivity index (χ1) is 5.42. The lowest BCUT2D eigenvalue weighted by Crippen LogP contribution is -2.06. The molecule has 0 aromatic carbocycles. The molecule has 1 saturated heterocycles. The minimum Gasteiger partial charge on any atom is -0.302 e. The SMILES string of the molecule is O=C[C@H]1[C@@H](C2CC2)N1C1CC1. The van der Waals surface area contributed by atoms with E-state index in [0.717, 1.165) is 18.2 Å². The van der Waals surface area contributed by atoms with Gasteiger partial charge >= 0.3 is 0 Å². The van der Waals surface area contributed by atoms with E-state index in [4.69, 9.17) is 0 Å². The second-order valence-corrected chi connectivity index (χ2v) is 4.13. The lowest BCUT2D eigenvalue weighted by molar-refractivity contribution is -0.108. The number of nitrogens with zero attached hydrogens (tertiary/aromatic N) is 1. The Morgan fingerprint density at radius 3 is 2.36 bits per heavy atom. The highest BCUT2D eigenvalue weighted by molar-refractivity contribution is 5.65. The van der Waals surface area contributed by atoms with Crippen LogP contribution >= 0.6 is 0 Å². The third kappa shape index (κ3) is 0.853. The molecule has 2 aliphatic carbocycles. The largest absolute Gasteiger partial charge is 0.302 e. The van der Waals surface area contributed by atoms with Crippen molar-refractivity contribution >= 4 is 6.29 Å². The lowest BCUT2D eigenvalue weighted by Gasteiger charge is -1.95. The summed E-state index contributed by atoms with van der Waals surface area (Å²) in [7, 11) is 0. The highest BCUT2D eigenvalue weighted by Crippen LogP contribution is 2.51. The van der Waals surface area contributed by atoms with E-state index in [1.54, 1.807) is 0 Å². The lowest BCUT2D eigenvalue weighted by atomic mass is 10.2. The summed E-state index contributed by atoms with van der Waals surface area (Å²) in [6, 6.07) is 1.81. The van der Waals surface area contributed by atoms with E-state index in [1.807, 2.05) is 0 Å². The zero-order valence-corrected chi connectivity index (χ0v) is 6.57. The number of aldehydes is 1. The van der Waals surface area contributed by atoms with Gasteiger partial charge in [-0.25, -0.2) is 0 Å². The molecule has 2 saturated carbocycles. The number of carbonyl (C=O) groups is 1. The third-order valence-electron chi connectivity index (χ3n) is 3.16. The van der Waals surface area contributed by atoms with E-state index in [2.05, 4.69) is 4.90 Å². The first-order valence-corrected chi connectivity index (χ1v) is 4.64. The van der Waals surface area contributed by atoms with E-state index >= 15 is 0 Å². The molecule has 2 nitrogen and oxygen atoms in total. The van der Waals surface area contributed by atoms with Gasteiger partial charge in [-0.15, -0.1) is 0 Å². The summed E-state index contributed by atoms with van der Waals surface area (Å²) in [6.45, 7) is 0. The zero-order valence-electron chi connectivity index (χ0n) is 6.57. The summed E-state index contributed by atoms with van der Waals surface area (Å²) in [5, 5.41) is 0. The molecule has 0 bridgehead atoms. The average Bonchev–Trinajstić information content (AvgIpc) is 2.83. The molecule has 2 heteroatoms. The zero-order chi connectivity index (χ0) is 7.42. The minimum atomic E-state index is 0.329. The van der Waals surface area contributed by atoms with Crippen LogP contribution in [0.25, 0.3) is 0 Å². The molecule has 11 heavy (non-hydrogen) atoms. The van der Waals surface area contributed by atoms with Crippen LogP contribution in [0.4, 0.5) is 0 Å². The number of carbonyl (C=O) groups excluding carboxylic acids is 1. The van der Waals surface area contributed by atoms with Crippen molar-refractivity contribution in [2.24, 2.45) is 5.92 Å². The highest BCUT2D eigenvalue weighted by atomic mass is 16.1. The first-order valence-electron chi connectivity index (χ1n) is 4.64. The van der Waals surface area contributed by atoms with Gasteiger partial charge in [0.1, 0.15) is 6.29 Å². The Kier molecular flexibility index (Phi) is 1.05. The van der Waals surface area contributed by atoms with Crippen molar-refractivity contribution in [3.8, 4) is 0 Å². The van der Waals surface area contributed by atoms with Crippen LogP contribution in [0, 0.1) is 5.92 Å². The molecule has 3 rings (SSSR count). The van der Waals surface area contributed by atoms with Gasteiger partial charge in [-0.3, -0.25) is 4.90 Å². The summed E-state index contributed by atoms with van der Waals surface area (Å²) in [4.78, 5) is 13.0. The first kappa shape index (κ1) is 6.18. The topological polar surface area (TPSA) is 20.1 Å². The van der Waals surface area contributed by atoms with Crippen molar-refractivity contribution in [2.45, 2.75) is 43.8 Å². The van der Waals surface area contributed by atoms with Gasteiger partial charge in [-0.1, -0.05) is 0 Å². The van der Waals surface area contributed by atoms with Gasteiger partial charge in [0.2, 0.25) is 0 Å². The fourth-order valence-electron chi connectivity index (χ4n) is 2.26. The van der Waals surface area contributed by atoms with Crippen LogP contribution in [0.2, 0.25) is 0 Å². The molecular formula is C9H13NO. The monoisotopic (exact) mass is 151 g/mol. The summed E-state index contributed by atoms with van der Waals surface area (Å²) < 4.78 is 0. The molecule has 0 N–H and O–H groups in total. The smallest absolute Gasteiger partial charge is 0.138 e. The highest BCUT2D eigenvalue weighted by Gasteiger charge is 2.59. The number of hydrogen-bond donors (Lipinski definition) is 0. The maximum atomic E-state index is 10.6. The molecular weight excluding hydrogens is 138 g/mol. The Hall–Kier alpha value is -0.370. The van der Waals surface area contributed by atoms with Crippen molar-refractivity contribution in [3.05, 3.63) is 0 Å². The minimum absolute atomic E-state index is 0.329. The van der Waals surface area contributed by atoms with Crippen molar-refractivity contribution < 1.29 is 4.79 Å². The average molecular weight is 151 g/mol. The molecule has 3 atom stereocenters. The van der Waals surface area contributed by atoms with Crippen LogP contribution in [0.1, 0.15) is 25.7 Å². The number of hydrogen-bond acceptors (Lipinski definition) is 2. The van der Waals surface area contributed by atoms with Gasteiger partial charge in [0.15, 0.2) is 0 Å². The molecule has 0 aromatic rings. The Labute approximate surface area is 66.6 Å². The van der Waals surface area contributed by atoms with Crippen molar-refractivity contribution in [1.82, 2.24) is 4.90 Å². The van der Waals surface area contributed by atoms with Crippen LogP contribution in [0.15, 0.2) is 0 Å². The van der Waals surface area contributed by atoms with Crippen molar-refractivity contribution in [1.29, 1.82) is 0 Å². The summed E-state index contributed by atoms with van der Waals surface area (Å²) in [5.41, 5.74) is 0. The van der Waals surface area contributed by atoms with Crippen molar-refractivity contribution in [3.63, 3.8) is 0 Å². The molecule has 3 fully saturated rings. The number of rotatable bonds is 3. The maximum absolute atomic E-state index is 10.6. The maximum Gasteiger partial charge on any atom is 0.138 e. The molecule has 1 aliphatic heterocycles. The second-order valence-electron chi connectivity index (χ2n) is 4.13. The Bertz CT molecular complexity index is 178. The van der Waals surface area contributed by atoms with E-state index in [0.29, 0.717) is 12.1 Å². The Balaban J connectivity index is 1.70. The van der Waals surface area contributed by atoms with Gasteiger partial charge in [0.25, 0.3) is 0 Å². The van der Waals surface area contributed by atoms with Crippen LogP contribution in [0.5, 0.6) is 0 Å². The molecule has 0 aromatic heterocycles. The fraction of sp³-hybridized carbons (Fsp3) is 0.889. The molecule has 1 heterocycles. The normalized spacial score (nSPS) is 48.9. The van der Waals surface area contributed by atoms with Crippen molar-refractivity contribution in [2.75, 3.05) is 0 Å². The Morgan fingerprint density at radius 1 is 1.18 bits per heavy atom. The van der Waals surface area contributed by atoms with Gasteiger partial charge < -0.3 is 4.79 Å². The molecule has 60 valence electrons. The third-order valence-corrected chi connectivity index (χ3v) is 3.16. The van der Waals surface area contributed by atoms with Gasteiger partial charge in [-0.2, -0.15) is 0 Å². The predicted octanol–water partition coefficient (Wildman–Crippen LogP) is 0.810. The fourth-order valence-corrected chi connectivity index (χ4v) is 2.26. The Morgan fingerprint density at radius 2 is 1.91 bits per heavy atom. The van der Waals surface area contributed by atoms with Crippen LogP contribution in [0.3, 0.4) is 0 Å². The van der Waals surface area contributed by atoms with Crippen LogP contribution in [-0.2, 0) is 4.79 Å². The van der Waals surface area contributed by atoms with Crippen LogP contribution < -0.4 is 0 Å². The molecule has 0 spiro atoms. The van der Waals surface area contributed by atoms with Gasteiger partial charge in [-0.05, 0) is 31.6 Å². The predicted molar refractivity (Wildman–Crippen MR) is 41.2 cm³/mol. The van der Waals surface area contributed by atoms with E-state index < -0.39 is 0 Å². The standard InChI is InChI=1S/C9H13NO/c11-5-8-9(6-1-2-6)10(8)7-3-4-7/h5-9H,1-4H2/t8-,9+,10?/m0/s1. The van der Waals surface area contributed by atoms with Gasteiger partial charge in [0, 0.05) is 12.1 Å².